The maximum Gasteiger partial charge on any atom is 0.302 e. The molecule has 0 N–H and O–H groups in total. The summed E-state index contributed by atoms with van der Waals surface area (Å²) in [5, 5.41) is 0. The van der Waals surface area contributed by atoms with Gasteiger partial charge in [-0.2, -0.15) is 0 Å². The van der Waals surface area contributed by atoms with Crippen molar-refractivity contribution in [3.8, 4) is 0 Å². The quantitative estimate of drug-likeness (QED) is 0.193. The molecule has 6 heteroatoms. The van der Waals surface area contributed by atoms with E-state index in [4.69, 9.17) is 9.47 Å². The van der Waals surface area contributed by atoms with Gasteiger partial charge < -0.3 is 9.47 Å². The number of hydrogen-bond donors (Lipinski definition) is 0. The predicted molar refractivity (Wildman–Crippen MR) is 54.4 cm³/mol. The van der Waals surface area contributed by atoms with E-state index in [1.807, 2.05) is 0 Å². The van der Waals surface area contributed by atoms with Crippen molar-refractivity contribution in [2.75, 3.05) is 20.0 Å². The third kappa shape index (κ3) is 11.1. The fraction of sp³-hybridized carbons (Fsp3) is 0.800. The first-order valence-corrected chi connectivity index (χ1v) is 5.01. The van der Waals surface area contributed by atoms with Crippen molar-refractivity contribution in [3.63, 3.8) is 0 Å². The molecule has 0 saturated heterocycles. The molecule has 1 unspecified atom stereocenters. The highest BCUT2D eigenvalue weighted by Gasteiger charge is 2.04. The number of carbonyl (C=O) groups is 2. The number of carbonyl (C=O) groups excluding carboxylic acids is 2. The molecule has 0 aromatic carbocycles. The van der Waals surface area contributed by atoms with E-state index in [0.717, 1.165) is 0 Å². The van der Waals surface area contributed by atoms with E-state index >= 15 is 0 Å². The summed E-state index contributed by atoms with van der Waals surface area (Å²) in [6, 6.07) is 0. The molecule has 16 heavy (non-hydrogen) atoms. The highest BCUT2D eigenvalue weighted by atomic mass is 17.2. The largest absolute Gasteiger partial charge is 0.460 e. The van der Waals surface area contributed by atoms with Crippen LogP contribution >= 0.6 is 0 Å². The van der Waals surface area contributed by atoms with Crippen LogP contribution in [0.4, 0.5) is 0 Å². The average molecular weight is 234 g/mol. The number of ether oxygens (including phenoxy) is 2. The highest BCUT2D eigenvalue weighted by molar-refractivity contribution is 5.75. The van der Waals surface area contributed by atoms with Gasteiger partial charge >= 0.3 is 5.97 Å². The number of esters is 1. The third-order valence-electron chi connectivity index (χ3n) is 1.47. The summed E-state index contributed by atoms with van der Waals surface area (Å²) in [5.41, 5.74) is 0. The minimum absolute atomic E-state index is 0.0352. The van der Waals surface area contributed by atoms with Gasteiger partial charge in [0.1, 0.15) is 11.9 Å². The van der Waals surface area contributed by atoms with Gasteiger partial charge in [-0.1, -0.05) is 0 Å². The Morgan fingerprint density at radius 3 is 2.44 bits per heavy atom. The summed E-state index contributed by atoms with van der Waals surface area (Å²) < 4.78 is 9.80. The molecule has 94 valence electrons. The zero-order valence-electron chi connectivity index (χ0n) is 9.86. The fourth-order valence-electron chi connectivity index (χ4n) is 0.844. The van der Waals surface area contributed by atoms with Gasteiger partial charge in [0.05, 0.1) is 13.2 Å². The van der Waals surface area contributed by atoms with Gasteiger partial charge in [-0.3, -0.25) is 9.59 Å². The lowest BCUT2D eigenvalue weighted by atomic mass is 10.3. The molecule has 6 nitrogen and oxygen atoms in total. The van der Waals surface area contributed by atoms with Crippen molar-refractivity contribution in [1.82, 2.24) is 0 Å². The van der Waals surface area contributed by atoms with Crippen molar-refractivity contribution >= 4 is 11.8 Å². The maximum atomic E-state index is 10.5. The highest BCUT2D eigenvalue weighted by Crippen LogP contribution is 1.93. The minimum Gasteiger partial charge on any atom is -0.460 e. The van der Waals surface area contributed by atoms with Crippen LogP contribution in [0.2, 0.25) is 0 Å². The summed E-state index contributed by atoms with van der Waals surface area (Å²) in [4.78, 5) is 30.3. The van der Waals surface area contributed by atoms with Crippen LogP contribution in [-0.2, 0) is 28.8 Å². The van der Waals surface area contributed by atoms with E-state index in [9.17, 15) is 9.59 Å². The molecule has 0 aromatic rings. The van der Waals surface area contributed by atoms with Crippen LogP contribution in [0.1, 0.15) is 27.2 Å². The average Bonchev–Trinajstić information content (AvgIpc) is 2.14. The van der Waals surface area contributed by atoms with Crippen LogP contribution in [0.5, 0.6) is 0 Å². The van der Waals surface area contributed by atoms with E-state index < -0.39 is 0 Å². The zero-order valence-corrected chi connectivity index (χ0v) is 9.86. The number of Topliss-reactive ketones (excluding diaryl/α,β-unsaturated/α-hetero) is 1. The maximum absolute atomic E-state index is 10.5. The van der Waals surface area contributed by atoms with Crippen LogP contribution in [0.15, 0.2) is 0 Å². The van der Waals surface area contributed by atoms with Crippen LogP contribution < -0.4 is 0 Å². The summed E-state index contributed by atoms with van der Waals surface area (Å²) in [5.74, 6) is -0.317. The second kappa shape index (κ2) is 9.26. The molecule has 0 aliphatic carbocycles. The van der Waals surface area contributed by atoms with Crippen molar-refractivity contribution < 1.29 is 28.8 Å². The van der Waals surface area contributed by atoms with Gasteiger partial charge in [0.25, 0.3) is 0 Å². The molecular weight excluding hydrogens is 216 g/mol. The first kappa shape index (κ1) is 15.0. The SMILES string of the molecule is CC(=O)CCOOCOCC(C)OC(C)=O. The molecule has 0 rings (SSSR count). The Morgan fingerprint density at radius 1 is 1.19 bits per heavy atom. The van der Waals surface area contributed by atoms with Crippen molar-refractivity contribution in [3.05, 3.63) is 0 Å². The normalized spacial score (nSPS) is 12.2. The molecule has 0 heterocycles. The number of rotatable bonds is 9. The molecule has 0 spiro atoms. The predicted octanol–water partition coefficient (Wildman–Crippen LogP) is 0.839. The van der Waals surface area contributed by atoms with Crippen LogP contribution in [-0.4, -0.2) is 37.9 Å². The summed E-state index contributed by atoms with van der Waals surface area (Å²) >= 11 is 0. The first-order valence-electron chi connectivity index (χ1n) is 5.01. The topological polar surface area (TPSA) is 71.1 Å². The van der Waals surface area contributed by atoms with Crippen LogP contribution in [0.3, 0.4) is 0 Å². The monoisotopic (exact) mass is 234 g/mol. The minimum atomic E-state index is -0.352. The molecule has 0 saturated carbocycles. The van der Waals surface area contributed by atoms with Gasteiger partial charge in [0.2, 0.25) is 0 Å². The second-order valence-electron chi connectivity index (χ2n) is 3.30. The van der Waals surface area contributed by atoms with Crippen molar-refractivity contribution in [1.29, 1.82) is 0 Å². The lowest BCUT2D eigenvalue weighted by Crippen LogP contribution is -2.19. The van der Waals surface area contributed by atoms with Crippen LogP contribution in [0.25, 0.3) is 0 Å². The summed E-state index contributed by atoms with van der Waals surface area (Å²) in [6.07, 6.45) is -0.0116. The Labute approximate surface area is 94.7 Å². The number of hydrogen-bond acceptors (Lipinski definition) is 6. The van der Waals surface area contributed by atoms with E-state index in [1.165, 1.54) is 13.8 Å². The zero-order chi connectivity index (χ0) is 12.4. The molecule has 0 aliphatic rings. The Hall–Kier alpha value is -0.980. The molecule has 0 radical (unpaired) electrons. The van der Waals surface area contributed by atoms with Crippen molar-refractivity contribution in [2.45, 2.75) is 33.3 Å². The lowest BCUT2D eigenvalue weighted by Gasteiger charge is -2.11. The Morgan fingerprint density at radius 2 is 1.88 bits per heavy atom. The number of ketones is 1. The van der Waals surface area contributed by atoms with E-state index in [0.29, 0.717) is 6.42 Å². The molecule has 0 aliphatic heterocycles. The van der Waals surface area contributed by atoms with Gasteiger partial charge in [-0.05, 0) is 13.8 Å². The third-order valence-corrected chi connectivity index (χ3v) is 1.47. The van der Waals surface area contributed by atoms with Gasteiger partial charge in [0.15, 0.2) is 6.79 Å². The Balaban J connectivity index is 3.20. The van der Waals surface area contributed by atoms with Gasteiger partial charge in [-0.25, -0.2) is 9.78 Å². The standard InChI is InChI=1S/C10H18O6/c1-8(11)4-5-14-15-7-13-6-9(2)16-10(3)12/h9H,4-7H2,1-3H3. The second-order valence-corrected chi connectivity index (χ2v) is 3.30. The fourth-order valence-corrected chi connectivity index (χ4v) is 0.844. The smallest absolute Gasteiger partial charge is 0.302 e. The molecule has 1 atom stereocenters. The van der Waals surface area contributed by atoms with Gasteiger partial charge in [-0.15, -0.1) is 0 Å². The van der Waals surface area contributed by atoms with E-state index in [2.05, 4.69) is 9.78 Å². The van der Waals surface area contributed by atoms with Crippen molar-refractivity contribution in [2.24, 2.45) is 0 Å². The molecule has 0 amide bonds. The molecular formula is C10H18O6. The Kier molecular flexibility index (Phi) is 8.69. The van der Waals surface area contributed by atoms with Crippen LogP contribution in [0, 0.1) is 0 Å². The van der Waals surface area contributed by atoms with E-state index in [-0.39, 0.29) is 37.9 Å². The Bertz CT molecular complexity index is 215. The molecule has 0 fully saturated rings. The van der Waals surface area contributed by atoms with E-state index in [1.54, 1.807) is 6.92 Å². The lowest BCUT2D eigenvalue weighted by molar-refractivity contribution is -0.337. The molecule has 0 aromatic heterocycles. The summed E-state index contributed by atoms with van der Waals surface area (Å²) in [7, 11) is 0. The summed E-state index contributed by atoms with van der Waals surface area (Å²) in [6.45, 7) is 4.88. The van der Waals surface area contributed by atoms with Gasteiger partial charge in [0, 0.05) is 13.3 Å². The molecule has 0 bridgehead atoms. The first-order chi connectivity index (χ1) is 7.52.